The quantitative estimate of drug-likeness (QED) is 0.768. The zero-order valence-corrected chi connectivity index (χ0v) is 10.7. The molecule has 1 heterocycles. The number of amides is 1. The zero-order valence-electron chi connectivity index (χ0n) is 9.90. The topological polar surface area (TPSA) is 78.4 Å². The van der Waals surface area contributed by atoms with E-state index in [1.807, 2.05) is 6.92 Å². The van der Waals surface area contributed by atoms with Gasteiger partial charge in [0, 0.05) is 11.6 Å². The highest BCUT2D eigenvalue weighted by molar-refractivity contribution is 7.99. The van der Waals surface area contributed by atoms with Crippen molar-refractivity contribution in [1.29, 1.82) is 0 Å². The Morgan fingerprint density at radius 3 is 2.89 bits per heavy atom. The van der Waals surface area contributed by atoms with Crippen molar-refractivity contribution in [3.8, 4) is 0 Å². The Labute approximate surface area is 109 Å². The smallest absolute Gasteiger partial charge is 0.337 e. The largest absolute Gasteiger partial charge is 0.478 e. The number of thioether (sulfide) groups is 1. The molecule has 1 amide bonds. The van der Waals surface area contributed by atoms with Crippen molar-refractivity contribution in [1.82, 2.24) is 5.32 Å². The third-order valence-corrected chi connectivity index (χ3v) is 3.64. The Morgan fingerprint density at radius 2 is 2.28 bits per heavy atom. The summed E-state index contributed by atoms with van der Waals surface area (Å²) < 4.78 is 0. The first-order valence-corrected chi connectivity index (χ1v) is 6.69. The number of carboxylic acid groups (broad SMARTS) is 1. The van der Waals surface area contributed by atoms with E-state index in [2.05, 4.69) is 10.6 Å². The lowest BCUT2D eigenvalue weighted by atomic mass is 10.1. The molecular weight excluding hydrogens is 252 g/mol. The molecule has 1 saturated heterocycles. The summed E-state index contributed by atoms with van der Waals surface area (Å²) in [5, 5.41) is 14.8. The van der Waals surface area contributed by atoms with Crippen LogP contribution in [-0.4, -0.2) is 34.7 Å². The van der Waals surface area contributed by atoms with Gasteiger partial charge >= 0.3 is 5.97 Å². The Morgan fingerprint density at radius 1 is 1.50 bits per heavy atom. The van der Waals surface area contributed by atoms with Gasteiger partial charge in [-0.25, -0.2) is 4.79 Å². The Balaban J connectivity index is 2.17. The second-order valence-corrected chi connectivity index (χ2v) is 5.15. The van der Waals surface area contributed by atoms with Crippen molar-refractivity contribution >= 4 is 29.3 Å². The number of aryl methyl sites for hydroxylation is 1. The summed E-state index contributed by atoms with van der Waals surface area (Å²) in [6, 6.07) is 4.70. The van der Waals surface area contributed by atoms with E-state index in [9.17, 15) is 9.59 Å². The molecule has 18 heavy (non-hydrogen) atoms. The van der Waals surface area contributed by atoms with Crippen LogP contribution in [-0.2, 0) is 4.79 Å². The molecule has 1 atom stereocenters. The van der Waals surface area contributed by atoms with Crippen molar-refractivity contribution in [3.05, 3.63) is 29.3 Å². The number of carboxylic acids is 1. The number of rotatable bonds is 3. The summed E-state index contributed by atoms with van der Waals surface area (Å²) >= 11 is 1.65. The summed E-state index contributed by atoms with van der Waals surface area (Å²) in [5.74, 6) is 0.229. The van der Waals surface area contributed by atoms with Gasteiger partial charge in [0.15, 0.2) is 0 Å². The van der Waals surface area contributed by atoms with Crippen LogP contribution in [0.15, 0.2) is 18.2 Å². The molecule has 5 nitrogen and oxygen atoms in total. The number of benzene rings is 1. The number of hydrogen-bond donors (Lipinski definition) is 3. The normalized spacial score (nSPS) is 18.6. The van der Waals surface area contributed by atoms with E-state index in [1.54, 1.807) is 30.0 Å². The summed E-state index contributed by atoms with van der Waals surface area (Å²) in [5.41, 5.74) is 1.31. The molecule has 1 fully saturated rings. The van der Waals surface area contributed by atoms with Crippen molar-refractivity contribution in [2.75, 3.05) is 16.9 Å². The summed E-state index contributed by atoms with van der Waals surface area (Å²) in [6.45, 7) is 1.81. The maximum absolute atomic E-state index is 11.9. The molecule has 6 heteroatoms. The number of hydrogen-bond acceptors (Lipinski definition) is 4. The van der Waals surface area contributed by atoms with Crippen molar-refractivity contribution in [2.45, 2.75) is 13.0 Å². The van der Waals surface area contributed by atoms with Gasteiger partial charge in [-0.1, -0.05) is 11.6 Å². The minimum absolute atomic E-state index is 0.119. The van der Waals surface area contributed by atoms with Gasteiger partial charge in [-0.05, 0) is 19.1 Å². The van der Waals surface area contributed by atoms with Crippen LogP contribution in [0.1, 0.15) is 15.9 Å². The van der Waals surface area contributed by atoms with Gasteiger partial charge in [-0.15, -0.1) is 11.8 Å². The zero-order chi connectivity index (χ0) is 13.1. The number of nitrogens with one attached hydrogen (secondary N) is 2. The van der Waals surface area contributed by atoms with Gasteiger partial charge in [0.2, 0.25) is 5.91 Å². The Kier molecular flexibility index (Phi) is 3.88. The molecule has 1 aliphatic rings. The van der Waals surface area contributed by atoms with E-state index in [4.69, 9.17) is 5.11 Å². The van der Waals surface area contributed by atoms with E-state index in [0.29, 0.717) is 11.4 Å². The van der Waals surface area contributed by atoms with Gasteiger partial charge in [0.1, 0.15) is 0 Å². The molecule has 0 spiro atoms. The molecule has 0 radical (unpaired) electrons. The van der Waals surface area contributed by atoms with Crippen LogP contribution in [0.25, 0.3) is 0 Å². The number of carbonyl (C=O) groups excluding carboxylic acids is 1. The van der Waals surface area contributed by atoms with Crippen LogP contribution >= 0.6 is 11.8 Å². The average molecular weight is 266 g/mol. The molecule has 96 valence electrons. The molecule has 0 aliphatic carbocycles. The van der Waals surface area contributed by atoms with Gasteiger partial charge in [0.25, 0.3) is 0 Å². The second-order valence-electron chi connectivity index (χ2n) is 4.12. The first-order valence-electron chi connectivity index (χ1n) is 5.54. The maximum Gasteiger partial charge on any atom is 0.337 e. The van der Waals surface area contributed by atoms with Crippen LogP contribution in [0.2, 0.25) is 0 Å². The van der Waals surface area contributed by atoms with Crippen LogP contribution in [0, 0.1) is 6.92 Å². The highest BCUT2D eigenvalue weighted by atomic mass is 32.2. The predicted molar refractivity (Wildman–Crippen MR) is 71.0 cm³/mol. The first-order chi connectivity index (χ1) is 8.58. The van der Waals surface area contributed by atoms with Gasteiger partial charge < -0.3 is 10.4 Å². The average Bonchev–Trinajstić information content (AvgIpc) is 2.84. The number of carbonyl (C=O) groups is 2. The van der Waals surface area contributed by atoms with Crippen molar-refractivity contribution in [3.63, 3.8) is 0 Å². The Bertz CT molecular complexity index is 484. The van der Waals surface area contributed by atoms with E-state index in [0.717, 1.165) is 11.4 Å². The highest BCUT2D eigenvalue weighted by Crippen LogP contribution is 2.19. The van der Waals surface area contributed by atoms with Crippen LogP contribution < -0.4 is 10.6 Å². The lowest BCUT2D eigenvalue weighted by molar-refractivity contribution is -0.117. The molecule has 0 saturated carbocycles. The maximum atomic E-state index is 11.9. The summed E-state index contributed by atoms with van der Waals surface area (Å²) in [7, 11) is 0. The third kappa shape index (κ3) is 2.83. The molecule has 1 aliphatic heterocycles. The first kappa shape index (κ1) is 12.9. The van der Waals surface area contributed by atoms with E-state index < -0.39 is 5.97 Å². The number of aromatic carboxylic acids is 1. The van der Waals surface area contributed by atoms with Crippen LogP contribution in [0.3, 0.4) is 0 Å². The Hall–Kier alpha value is -1.53. The molecule has 3 N–H and O–H groups in total. The molecule has 0 aromatic heterocycles. The van der Waals surface area contributed by atoms with E-state index in [1.165, 1.54) is 0 Å². The van der Waals surface area contributed by atoms with Crippen LogP contribution in [0.4, 0.5) is 5.69 Å². The lowest BCUT2D eigenvalue weighted by Crippen LogP contribution is -2.37. The van der Waals surface area contributed by atoms with Gasteiger partial charge in [0.05, 0.1) is 17.3 Å². The lowest BCUT2D eigenvalue weighted by Gasteiger charge is -2.12. The molecule has 1 aromatic rings. The SMILES string of the molecule is Cc1ccc(NC(=O)C2CSCN2)c(C(=O)O)c1. The number of anilines is 1. The molecule has 2 rings (SSSR count). The fraction of sp³-hybridized carbons (Fsp3) is 0.333. The monoisotopic (exact) mass is 266 g/mol. The molecule has 1 unspecified atom stereocenters. The molecule has 1 aromatic carbocycles. The van der Waals surface area contributed by atoms with E-state index >= 15 is 0 Å². The summed E-state index contributed by atoms with van der Waals surface area (Å²) in [4.78, 5) is 23.0. The van der Waals surface area contributed by atoms with Crippen molar-refractivity contribution in [2.24, 2.45) is 0 Å². The minimum atomic E-state index is -1.04. The minimum Gasteiger partial charge on any atom is -0.478 e. The second kappa shape index (κ2) is 5.41. The molecule has 0 bridgehead atoms. The standard InChI is InChI=1S/C12H14N2O3S/c1-7-2-3-9(8(4-7)12(16)17)14-11(15)10-5-18-6-13-10/h2-4,10,13H,5-6H2,1H3,(H,14,15)(H,16,17). The fourth-order valence-corrected chi connectivity index (χ4v) is 2.67. The highest BCUT2D eigenvalue weighted by Gasteiger charge is 2.23. The summed E-state index contributed by atoms with van der Waals surface area (Å²) in [6.07, 6.45) is 0. The third-order valence-electron chi connectivity index (χ3n) is 2.70. The van der Waals surface area contributed by atoms with Gasteiger partial charge in [-0.3, -0.25) is 10.1 Å². The van der Waals surface area contributed by atoms with Crippen LogP contribution in [0.5, 0.6) is 0 Å². The van der Waals surface area contributed by atoms with E-state index in [-0.39, 0.29) is 17.5 Å². The van der Waals surface area contributed by atoms with Crippen molar-refractivity contribution < 1.29 is 14.7 Å². The van der Waals surface area contributed by atoms with Gasteiger partial charge in [-0.2, -0.15) is 0 Å². The fourth-order valence-electron chi connectivity index (χ4n) is 1.73. The molecular formula is C12H14N2O3S. The predicted octanol–water partition coefficient (Wildman–Crippen LogP) is 1.29.